The van der Waals surface area contributed by atoms with Crippen LogP contribution in [0.5, 0.6) is 0 Å². The zero-order valence-electron chi connectivity index (χ0n) is 11.7. The Labute approximate surface area is 109 Å². The van der Waals surface area contributed by atoms with E-state index in [0.717, 1.165) is 5.57 Å². The van der Waals surface area contributed by atoms with Crippen molar-refractivity contribution in [1.82, 2.24) is 0 Å². The minimum absolute atomic E-state index is 0.142. The molecule has 0 spiro atoms. The van der Waals surface area contributed by atoms with Crippen molar-refractivity contribution in [2.45, 2.75) is 46.2 Å². The molecule has 1 unspecified atom stereocenters. The van der Waals surface area contributed by atoms with E-state index in [-0.39, 0.29) is 19.6 Å². The average Bonchev–Trinajstić information content (AvgIpc) is 2.25. The van der Waals surface area contributed by atoms with Crippen LogP contribution in [0.15, 0.2) is 11.6 Å². The van der Waals surface area contributed by atoms with Gasteiger partial charge in [-0.3, -0.25) is 9.36 Å². The van der Waals surface area contributed by atoms with Gasteiger partial charge in [0.05, 0.1) is 13.2 Å². The van der Waals surface area contributed by atoms with Crippen LogP contribution in [0.2, 0.25) is 0 Å². The third-order valence-corrected chi connectivity index (χ3v) is 5.33. The molecule has 0 fully saturated rings. The number of hydrogen-bond acceptors (Lipinski definition) is 4. The summed E-state index contributed by atoms with van der Waals surface area (Å²) in [6, 6.07) is 0. The normalized spacial score (nSPS) is 14.9. The van der Waals surface area contributed by atoms with Crippen molar-refractivity contribution >= 4 is 13.6 Å². The molecule has 0 aromatic carbocycles. The molecule has 0 amide bonds. The van der Waals surface area contributed by atoms with Gasteiger partial charge in [0.15, 0.2) is 5.16 Å². The number of carboxylic acid groups (broad SMARTS) is 1. The standard InChI is InChI=1S/C12H23O5P/c1-6-12(11(13)14,9-10(4)5)18(15,16-7-2)17-8-3/h9H,6-8H2,1-5H3,(H,13,14). The lowest BCUT2D eigenvalue weighted by Crippen LogP contribution is -2.37. The predicted molar refractivity (Wildman–Crippen MR) is 70.9 cm³/mol. The maximum absolute atomic E-state index is 12.8. The van der Waals surface area contributed by atoms with E-state index in [1.807, 2.05) is 0 Å². The zero-order valence-corrected chi connectivity index (χ0v) is 12.6. The summed E-state index contributed by atoms with van der Waals surface area (Å²) in [6.07, 6.45) is 1.62. The zero-order chi connectivity index (χ0) is 14.4. The molecule has 1 atom stereocenters. The second-order valence-electron chi connectivity index (χ2n) is 4.14. The molecule has 0 saturated heterocycles. The fourth-order valence-electron chi connectivity index (χ4n) is 1.79. The van der Waals surface area contributed by atoms with Crippen molar-refractivity contribution in [3.63, 3.8) is 0 Å². The van der Waals surface area contributed by atoms with Crippen LogP contribution < -0.4 is 0 Å². The largest absolute Gasteiger partial charge is 0.480 e. The van der Waals surface area contributed by atoms with E-state index >= 15 is 0 Å². The van der Waals surface area contributed by atoms with Crippen LogP contribution in [0.3, 0.4) is 0 Å². The van der Waals surface area contributed by atoms with Gasteiger partial charge in [-0.2, -0.15) is 0 Å². The number of aliphatic carboxylic acids is 1. The fraction of sp³-hybridized carbons (Fsp3) is 0.750. The number of allylic oxidation sites excluding steroid dienone is 1. The first-order valence-corrected chi connectivity index (χ1v) is 7.62. The molecule has 0 rings (SSSR count). The monoisotopic (exact) mass is 278 g/mol. The molecule has 0 heterocycles. The highest BCUT2D eigenvalue weighted by molar-refractivity contribution is 7.57. The van der Waals surface area contributed by atoms with E-state index in [1.165, 1.54) is 6.08 Å². The minimum Gasteiger partial charge on any atom is -0.480 e. The van der Waals surface area contributed by atoms with Crippen molar-refractivity contribution < 1.29 is 23.5 Å². The fourth-order valence-corrected chi connectivity index (χ4v) is 4.04. The van der Waals surface area contributed by atoms with E-state index in [9.17, 15) is 14.5 Å². The summed E-state index contributed by atoms with van der Waals surface area (Å²) in [5, 5.41) is 7.87. The SMILES string of the molecule is CCOP(=O)(OCC)C(C=C(C)C)(CC)C(=O)O. The first-order valence-electron chi connectivity index (χ1n) is 6.08. The topological polar surface area (TPSA) is 72.8 Å². The molecule has 0 radical (unpaired) electrons. The molecule has 1 N–H and O–H groups in total. The second kappa shape index (κ2) is 7.07. The third kappa shape index (κ3) is 3.44. The van der Waals surface area contributed by atoms with Gasteiger partial charge in [-0.15, -0.1) is 0 Å². The van der Waals surface area contributed by atoms with Crippen molar-refractivity contribution in [2.75, 3.05) is 13.2 Å². The van der Waals surface area contributed by atoms with Gasteiger partial charge in [0.1, 0.15) is 0 Å². The summed E-state index contributed by atoms with van der Waals surface area (Å²) in [5.41, 5.74) is 0.763. The van der Waals surface area contributed by atoms with Crippen LogP contribution in [0, 0.1) is 0 Å². The first kappa shape index (κ1) is 17.4. The Morgan fingerprint density at radius 1 is 1.22 bits per heavy atom. The Hall–Kier alpha value is -0.640. The van der Waals surface area contributed by atoms with E-state index in [0.29, 0.717) is 0 Å². The van der Waals surface area contributed by atoms with Gasteiger partial charge in [-0.25, -0.2) is 0 Å². The van der Waals surface area contributed by atoms with Gasteiger partial charge < -0.3 is 14.2 Å². The Kier molecular flexibility index (Phi) is 6.82. The number of carbonyl (C=O) groups is 1. The van der Waals surface area contributed by atoms with Crippen LogP contribution >= 0.6 is 7.60 Å². The molecule has 6 heteroatoms. The summed E-state index contributed by atoms with van der Waals surface area (Å²) < 4.78 is 23.2. The van der Waals surface area contributed by atoms with Gasteiger partial charge in [0.25, 0.3) is 0 Å². The number of carboxylic acids is 1. The van der Waals surface area contributed by atoms with Crippen LogP contribution in [0.25, 0.3) is 0 Å². The van der Waals surface area contributed by atoms with E-state index in [2.05, 4.69) is 0 Å². The molecule has 0 aliphatic carbocycles. The predicted octanol–water partition coefficient (Wildman–Crippen LogP) is 3.45. The summed E-state index contributed by atoms with van der Waals surface area (Å²) in [5.74, 6) is -1.18. The molecule has 0 aromatic rings. The molecule has 0 aliphatic heterocycles. The summed E-state index contributed by atoms with van der Waals surface area (Å²) in [7, 11) is -3.75. The Bertz CT molecular complexity index is 349. The van der Waals surface area contributed by atoms with E-state index in [1.54, 1.807) is 34.6 Å². The van der Waals surface area contributed by atoms with E-state index in [4.69, 9.17) is 9.05 Å². The molecule has 5 nitrogen and oxygen atoms in total. The number of rotatable bonds is 8. The molecule has 0 saturated carbocycles. The van der Waals surface area contributed by atoms with Gasteiger partial charge >= 0.3 is 13.6 Å². The van der Waals surface area contributed by atoms with Crippen molar-refractivity contribution in [3.8, 4) is 0 Å². The molecule has 0 aliphatic rings. The lowest BCUT2D eigenvalue weighted by atomic mass is 10.0. The molecule has 0 bridgehead atoms. The second-order valence-corrected chi connectivity index (χ2v) is 6.45. The van der Waals surface area contributed by atoms with Crippen molar-refractivity contribution in [1.29, 1.82) is 0 Å². The smallest absolute Gasteiger partial charge is 0.351 e. The van der Waals surface area contributed by atoms with Gasteiger partial charge in [0.2, 0.25) is 0 Å². The quantitative estimate of drug-likeness (QED) is 0.543. The van der Waals surface area contributed by atoms with Gasteiger partial charge in [0, 0.05) is 0 Å². The van der Waals surface area contributed by atoms with Crippen LogP contribution in [0.1, 0.15) is 41.0 Å². The lowest BCUT2D eigenvalue weighted by Gasteiger charge is -2.32. The Morgan fingerprint density at radius 2 is 1.67 bits per heavy atom. The first-order chi connectivity index (χ1) is 8.29. The highest BCUT2D eigenvalue weighted by Crippen LogP contribution is 2.62. The van der Waals surface area contributed by atoms with E-state index < -0.39 is 18.7 Å². The van der Waals surface area contributed by atoms with Crippen LogP contribution in [-0.4, -0.2) is 29.4 Å². The van der Waals surface area contributed by atoms with Crippen LogP contribution in [-0.2, 0) is 18.4 Å². The molecule has 106 valence electrons. The Balaban J connectivity index is 5.86. The molecule has 0 aromatic heterocycles. The third-order valence-electron chi connectivity index (χ3n) is 2.52. The number of hydrogen-bond donors (Lipinski definition) is 1. The highest BCUT2D eigenvalue weighted by Gasteiger charge is 2.54. The van der Waals surface area contributed by atoms with Gasteiger partial charge in [-0.1, -0.05) is 18.6 Å². The molecular formula is C12H23O5P. The minimum atomic E-state index is -3.75. The molecule has 18 heavy (non-hydrogen) atoms. The summed E-state index contributed by atoms with van der Waals surface area (Å²) in [4.78, 5) is 11.6. The average molecular weight is 278 g/mol. The van der Waals surface area contributed by atoms with Crippen molar-refractivity contribution in [2.24, 2.45) is 0 Å². The van der Waals surface area contributed by atoms with Gasteiger partial charge in [-0.05, 0) is 34.1 Å². The summed E-state index contributed by atoms with van der Waals surface area (Å²) >= 11 is 0. The summed E-state index contributed by atoms with van der Waals surface area (Å²) in [6.45, 7) is 8.79. The highest BCUT2D eigenvalue weighted by atomic mass is 31.2. The van der Waals surface area contributed by atoms with Crippen molar-refractivity contribution in [3.05, 3.63) is 11.6 Å². The Morgan fingerprint density at radius 3 is 1.89 bits per heavy atom. The lowest BCUT2D eigenvalue weighted by molar-refractivity contribution is -0.139. The maximum Gasteiger partial charge on any atom is 0.351 e. The molecular weight excluding hydrogens is 255 g/mol. The van der Waals surface area contributed by atoms with Crippen LogP contribution in [0.4, 0.5) is 0 Å². The maximum atomic E-state index is 12.8.